The molecule has 0 saturated heterocycles. The molecule has 1 aromatic carbocycles. The van der Waals surface area contributed by atoms with Gasteiger partial charge in [-0.3, -0.25) is 9.59 Å². The molecule has 5 heteroatoms. The molecule has 0 aliphatic rings. The third-order valence-electron chi connectivity index (χ3n) is 1.91. The minimum absolute atomic E-state index is 0.151. The number of aldehydes is 1. The lowest BCUT2D eigenvalue weighted by molar-refractivity contribution is -0.139. The van der Waals surface area contributed by atoms with Crippen molar-refractivity contribution in [2.45, 2.75) is 6.42 Å². The Hall–Kier alpha value is -1.42. The summed E-state index contributed by atoms with van der Waals surface area (Å²) in [5.74, 6) is -1.24. The average Bonchev–Trinajstić information content (AvgIpc) is 2.25. The van der Waals surface area contributed by atoms with Crippen molar-refractivity contribution in [2.24, 2.45) is 0 Å². The third kappa shape index (κ3) is 2.53. The van der Waals surface area contributed by atoms with E-state index in [0.717, 1.165) is 6.07 Å². The van der Waals surface area contributed by atoms with Crippen LogP contribution >= 0.6 is 11.6 Å². The average molecular weight is 231 g/mol. The van der Waals surface area contributed by atoms with E-state index in [-0.39, 0.29) is 22.6 Å². The van der Waals surface area contributed by atoms with Crippen LogP contribution in [0, 0.1) is 5.82 Å². The molecule has 0 aliphatic heterocycles. The first kappa shape index (κ1) is 11.7. The molecule has 0 radical (unpaired) electrons. The molecular weight excluding hydrogens is 223 g/mol. The predicted octanol–water partition coefficient (Wildman–Crippen LogP) is 2.01. The summed E-state index contributed by atoms with van der Waals surface area (Å²) in [6, 6.07) is 2.35. The van der Waals surface area contributed by atoms with Crippen LogP contribution in [-0.2, 0) is 16.0 Å². The molecule has 0 bridgehead atoms. The van der Waals surface area contributed by atoms with E-state index < -0.39 is 11.8 Å². The van der Waals surface area contributed by atoms with Gasteiger partial charge in [-0.25, -0.2) is 4.39 Å². The van der Waals surface area contributed by atoms with E-state index in [2.05, 4.69) is 4.74 Å². The van der Waals surface area contributed by atoms with Gasteiger partial charge >= 0.3 is 5.97 Å². The molecule has 0 aliphatic carbocycles. The highest BCUT2D eigenvalue weighted by Gasteiger charge is 2.14. The van der Waals surface area contributed by atoms with Gasteiger partial charge in [0.25, 0.3) is 0 Å². The van der Waals surface area contributed by atoms with E-state index in [1.165, 1.54) is 13.2 Å². The van der Waals surface area contributed by atoms with E-state index in [1.54, 1.807) is 0 Å². The van der Waals surface area contributed by atoms with E-state index in [0.29, 0.717) is 6.29 Å². The first-order valence-electron chi connectivity index (χ1n) is 4.09. The van der Waals surface area contributed by atoms with Crippen molar-refractivity contribution in [2.75, 3.05) is 7.11 Å². The molecule has 80 valence electrons. The van der Waals surface area contributed by atoms with Gasteiger partial charge < -0.3 is 4.74 Å². The van der Waals surface area contributed by atoms with Crippen molar-refractivity contribution < 1.29 is 18.7 Å². The van der Waals surface area contributed by atoms with Crippen LogP contribution in [0.15, 0.2) is 12.1 Å². The lowest BCUT2D eigenvalue weighted by Gasteiger charge is -2.06. The minimum Gasteiger partial charge on any atom is -0.469 e. The summed E-state index contributed by atoms with van der Waals surface area (Å²) in [6.45, 7) is 0. The number of methoxy groups -OCH3 is 1. The highest BCUT2D eigenvalue weighted by molar-refractivity contribution is 6.32. The first-order chi connectivity index (χ1) is 7.10. The van der Waals surface area contributed by atoms with Gasteiger partial charge in [0.2, 0.25) is 0 Å². The Morgan fingerprint density at radius 3 is 2.80 bits per heavy atom. The SMILES string of the molecule is COC(=O)Cc1c(C=O)ccc(F)c1Cl. The van der Waals surface area contributed by atoms with Gasteiger partial charge in [0.15, 0.2) is 0 Å². The van der Waals surface area contributed by atoms with Crippen molar-refractivity contribution >= 4 is 23.9 Å². The first-order valence-corrected chi connectivity index (χ1v) is 4.46. The summed E-state index contributed by atoms with van der Waals surface area (Å²) in [4.78, 5) is 21.6. The largest absolute Gasteiger partial charge is 0.469 e. The Labute approximate surface area is 90.8 Å². The third-order valence-corrected chi connectivity index (χ3v) is 2.32. The van der Waals surface area contributed by atoms with Crippen molar-refractivity contribution in [3.05, 3.63) is 34.1 Å². The van der Waals surface area contributed by atoms with Crippen LogP contribution in [0.2, 0.25) is 5.02 Å². The monoisotopic (exact) mass is 230 g/mol. The number of rotatable bonds is 3. The van der Waals surface area contributed by atoms with Gasteiger partial charge in [0, 0.05) is 5.56 Å². The quantitative estimate of drug-likeness (QED) is 0.589. The fourth-order valence-corrected chi connectivity index (χ4v) is 1.35. The van der Waals surface area contributed by atoms with Gasteiger partial charge in [0.05, 0.1) is 18.6 Å². The normalized spacial score (nSPS) is 9.80. The van der Waals surface area contributed by atoms with E-state index in [4.69, 9.17) is 11.6 Å². The summed E-state index contributed by atoms with van der Waals surface area (Å²) in [7, 11) is 1.20. The topological polar surface area (TPSA) is 43.4 Å². The fourth-order valence-electron chi connectivity index (χ4n) is 1.11. The maximum Gasteiger partial charge on any atom is 0.310 e. The van der Waals surface area contributed by atoms with E-state index >= 15 is 0 Å². The molecule has 0 spiro atoms. The minimum atomic E-state index is -0.666. The summed E-state index contributed by atoms with van der Waals surface area (Å²) >= 11 is 5.64. The molecular formula is C10H8ClFO3. The highest BCUT2D eigenvalue weighted by atomic mass is 35.5. The standard InChI is InChI=1S/C10H8ClFO3/c1-15-9(14)4-7-6(5-13)2-3-8(12)10(7)11/h2-3,5H,4H2,1H3. The van der Waals surface area contributed by atoms with Crippen LogP contribution in [0.4, 0.5) is 4.39 Å². The van der Waals surface area contributed by atoms with Crippen LogP contribution in [0.3, 0.4) is 0 Å². The Morgan fingerprint density at radius 1 is 1.60 bits per heavy atom. The number of hydrogen-bond acceptors (Lipinski definition) is 3. The van der Waals surface area contributed by atoms with Crippen LogP contribution in [0.25, 0.3) is 0 Å². The second-order valence-corrected chi connectivity index (χ2v) is 3.18. The van der Waals surface area contributed by atoms with Crippen LogP contribution < -0.4 is 0 Å². The molecule has 1 rings (SSSR count). The Balaban J connectivity index is 3.17. The maximum absolute atomic E-state index is 13.0. The molecule has 0 heterocycles. The molecule has 15 heavy (non-hydrogen) atoms. The van der Waals surface area contributed by atoms with E-state index in [1.807, 2.05) is 0 Å². The zero-order valence-corrected chi connectivity index (χ0v) is 8.68. The maximum atomic E-state index is 13.0. The number of esters is 1. The molecule has 0 aromatic heterocycles. The smallest absolute Gasteiger partial charge is 0.310 e. The molecule has 1 aromatic rings. The highest BCUT2D eigenvalue weighted by Crippen LogP contribution is 2.23. The number of halogens is 2. The Morgan fingerprint density at radius 2 is 2.27 bits per heavy atom. The summed E-state index contributed by atoms with van der Waals surface area (Å²) < 4.78 is 17.5. The molecule has 0 saturated carbocycles. The number of hydrogen-bond donors (Lipinski definition) is 0. The zero-order chi connectivity index (χ0) is 11.4. The molecule has 3 nitrogen and oxygen atoms in total. The zero-order valence-electron chi connectivity index (χ0n) is 7.92. The van der Waals surface area contributed by atoms with Crippen molar-refractivity contribution in [3.8, 4) is 0 Å². The van der Waals surface area contributed by atoms with Gasteiger partial charge in [-0.05, 0) is 17.7 Å². The van der Waals surface area contributed by atoms with Gasteiger partial charge in [-0.15, -0.1) is 0 Å². The van der Waals surface area contributed by atoms with Crippen molar-refractivity contribution in [1.82, 2.24) is 0 Å². The van der Waals surface area contributed by atoms with Crippen molar-refractivity contribution in [3.63, 3.8) is 0 Å². The van der Waals surface area contributed by atoms with Crippen LogP contribution in [0.1, 0.15) is 15.9 Å². The van der Waals surface area contributed by atoms with E-state index in [9.17, 15) is 14.0 Å². The number of benzene rings is 1. The lowest BCUT2D eigenvalue weighted by atomic mass is 10.1. The van der Waals surface area contributed by atoms with Crippen molar-refractivity contribution in [1.29, 1.82) is 0 Å². The Kier molecular flexibility index (Phi) is 3.80. The number of carbonyl (C=O) groups excluding carboxylic acids is 2. The van der Waals surface area contributed by atoms with Crippen LogP contribution in [-0.4, -0.2) is 19.4 Å². The molecule has 0 amide bonds. The van der Waals surface area contributed by atoms with Crippen LogP contribution in [0.5, 0.6) is 0 Å². The predicted molar refractivity (Wildman–Crippen MR) is 52.5 cm³/mol. The summed E-state index contributed by atoms with van der Waals surface area (Å²) in [5, 5.41) is -0.218. The summed E-state index contributed by atoms with van der Waals surface area (Å²) in [6.07, 6.45) is 0.296. The number of carbonyl (C=O) groups is 2. The van der Waals surface area contributed by atoms with Gasteiger partial charge in [-0.2, -0.15) is 0 Å². The second-order valence-electron chi connectivity index (χ2n) is 2.80. The summed E-state index contributed by atoms with van der Waals surface area (Å²) in [5.41, 5.74) is 0.338. The molecule has 0 fully saturated rings. The van der Waals surface area contributed by atoms with Gasteiger partial charge in [-0.1, -0.05) is 11.6 Å². The lowest BCUT2D eigenvalue weighted by Crippen LogP contribution is -2.08. The van der Waals surface area contributed by atoms with Gasteiger partial charge in [0.1, 0.15) is 12.1 Å². The second kappa shape index (κ2) is 4.89. The molecule has 0 atom stereocenters. The fraction of sp³-hybridized carbons (Fsp3) is 0.200. The Bertz CT molecular complexity index is 404. The molecule has 0 unspecified atom stereocenters. The molecule has 0 N–H and O–H groups in total. The number of ether oxygens (including phenoxy) is 1.